The van der Waals surface area contributed by atoms with E-state index in [1.54, 1.807) is 0 Å². The van der Waals surface area contributed by atoms with Crippen LogP contribution in [0.5, 0.6) is 0 Å². The van der Waals surface area contributed by atoms with Gasteiger partial charge in [0.25, 0.3) is 20.2 Å². The first-order valence-electron chi connectivity index (χ1n) is 9.98. The summed E-state index contributed by atoms with van der Waals surface area (Å²) >= 11 is 0. The molecule has 12 nitrogen and oxygen atoms in total. The molecule has 0 bridgehead atoms. The van der Waals surface area contributed by atoms with Crippen molar-refractivity contribution in [3.63, 3.8) is 0 Å². The van der Waals surface area contributed by atoms with E-state index in [1.165, 1.54) is 31.2 Å². The maximum absolute atomic E-state index is 13.5. The number of carbonyl (C=O) groups is 3. The molecule has 6 N–H and O–H groups in total. The molecule has 0 saturated carbocycles. The fourth-order valence-corrected chi connectivity index (χ4v) is 5.24. The van der Waals surface area contributed by atoms with Gasteiger partial charge < -0.3 is 17.8 Å². The van der Waals surface area contributed by atoms with Crippen molar-refractivity contribution in [2.45, 2.75) is 16.7 Å². The number of amides is 1. The van der Waals surface area contributed by atoms with E-state index in [2.05, 4.69) is 10.6 Å². The first-order chi connectivity index (χ1) is 16.7. The summed E-state index contributed by atoms with van der Waals surface area (Å²) in [6.45, 7) is 1.31. The summed E-state index contributed by atoms with van der Waals surface area (Å²) in [7, 11) is -9.89. The van der Waals surface area contributed by atoms with Crippen molar-refractivity contribution in [2.75, 3.05) is 16.4 Å². The van der Waals surface area contributed by atoms with Gasteiger partial charge in [0.1, 0.15) is 9.79 Å². The van der Waals surface area contributed by atoms with Gasteiger partial charge >= 0.3 is 29.6 Å². The molecule has 0 heterocycles. The van der Waals surface area contributed by atoms with Gasteiger partial charge in [-0.3, -0.25) is 23.5 Å². The molecule has 37 heavy (non-hydrogen) atoms. The zero-order valence-electron chi connectivity index (χ0n) is 20.3. The van der Waals surface area contributed by atoms with Crippen LogP contribution in [0, 0.1) is 0 Å². The van der Waals surface area contributed by atoms with Gasteiger partial charge in [-0.2, -0.15) is 16.8 Å². The molecule has 0 aliphatic heterocycles. The number of fused-ring (bicyclic) bond motifs is 2. The van der Waals surface area contributed by atoms with Crippen LogP contribution in [0.2, 0.25) is 0 Å². The Bertz CT molecular complexity index is 1710. The summed E-state index contributed by atoms with van der Waals surface area (Å²) in [6, 6.07) is 9.94. The van der Waals surface area contributed by atoms with E-state index in [0.717, 1.165) is 24.3 Å². The summed E-state index contributed by atoms with van der Waals surface area (Å²) in [5, 5.41) is 5.31. The predicted octanol–water partition coefficient (Wildman–Crippen LogP) is -0.644. The molecule has 0 atom stereocenters. The molecular formula is C22H18N3NaO9S2. The van der Waals surface area contributed by atoms with E-state index in [4.69, 9.17) is 5.73 Å². The summed E-state index contributed by atoms with van der Waals surface area (Å²) in [4.78, 5) is 36.4. The monoisotopic (exact) mass is 555 g/mol. The van der Waals surface area contributed by atoms with E-state index in [9.17, 15) is 40.3 Å². The fraction of sp³-hybridized carbons (Fsp3) is 0.0455. The Kier molecular flexibility index (Phi) is 7.68. The Morgan fingerprint density at radius 2 is 1.41 bits per heavy atom. The van der Waals surface area contributed by atoms with Gasteiger partial charge in [0.2, 0.25) is 5.91 Å². The van der Waals surface area contributed by atoms with Crippen LogP contribution in [0.4, 0.5) is 22.7 Å². The molecule has 0 saturated heterocycles. The minimum Gasteiger partial charge on any atom is -1.00 e. The van der Waals surface area contributed by atoms with Crippen molar-refractivity contribution in [3.05, 3.63) is 70.8 Å². The van der Waals surface area contributed by atoms with Crippen LogP contribution in [-0.2, 0) is 25.0 Å². The molecule has 3 aromatic rings. The van der Waals surface area contributed by atoms with Crippen molar-refractivity contribution in [1.29, 1.82) is 0 Å². The van der Waals surface area contributed by atoms with Gasteiger partial charge in [-0.15, -0.1) is 0 Å². The first-order valence-corrected chi connectivity index (χ1v) is 12.9. The molecule has 0 radical (unpaired) electrons. The molecule has 1 amide bonds. The quantitative estimate of drug-likeness (QED) is 0.119. The number of carbonyl (C=O) groups excluding carboxylic acids is 3. The minimum absolute atomic E-state index is 0. The Hall–Kier alpha value is -3.11. The molecule has 0 aromatic heterocycles. The second kappa shape index (κ2) is 9.98. The number of nitrogens with two attached hydrogens (primary N) is 1. The third-order valence-corrected chi connectivity index (χ3v) is 7.11. The van der Waals surface area contributed by atoms with Crippen molar-refractivity contribution in [2.24, 2.45) is 0 Å². The number of anilines is 4. The van der Waals surface area contributed by atoms with Crippen LogP contribution >= 0.6 is 0 Å². The Morgan fingerprint density at radius 1 is 0.838 bits per heavy atom. The third kappa shape index (κ3) is 5.31. The Labute approximate surface area is 234 Å². The zero-order chi connectivity index (χ0) is 26.6. The Balaban J connectivity index is 0.00000253. The number of nitrogen functional groups attached to an aromatic ring is 1. The van der Waals surface area contributed by atoms with Crippen LogP contribution in [-0.4, -0.2) is 43.4 Å². The largest absolute Gasteiger partial charge is 1.00 e. The molecule has 0 unspecified atom stereocenters. The van der Waals surface area contributed by atoms with Crippen LogP contribution < -0.4 is 45.9 Å². The van der Waals surface area contributed by atoms with Crippen LogP contribution in [0.3, 0.4) is 0 Å². The number of nitrogens with one attached hydrogen (secondary N) is 2. The molecule has 0 spiro atoms. The fourth-order valence-electron chi connectivity index (χ4n) is 3.88. The average Bonchev–Trinajstić information content (AvgIpc) is 2.77. The summed E-state index contributed by atoms with van der Waals surface area (Å²) in [5.41, 5.74) is 3.56. The van der Waals surface area contributed by atoms with E-state index in [-0.39, 0.29) is 48.3 Å². The molecular weight excluding hydrogens is 537 g/mol. The van der Waals surface area contributed by atoms with Gasteiger partial charge in [0.15, 0.2) is 11.6 Å². The molecule has 1 aliphatic carbocycles. The van der Waals surface area contributed by atoms with Crippen molar-refractivity contribution in [3.8, 4) is 0 Å². The van der Waals surface area contributed by atoms with Gasteiger partial charge in [-0.1, -0.05) is 12.1 Å². The number of hydrogen-bond donors (Lipinski definition) is 5. The standard InChI is InChI=1S/C22H17N3O9S2.Na.H/c1-10(26)24-11-5-7-12(8-6-11)25-14-9-16(36(32,33)34)20(23)19-18(14)22(28)17-13(21(19)27)3-2-4-15(17)35(29,30)31;;/h2-9,25H,23H2,1H3,(H,24,26)(H,29,30,31)(H,32,33,34);;/q;+1;-1. The van der Waals surface area contributed by atoms with Crippen LogP contribution in [0.15, 0.2) is 58.3 Å². The molecule has 4 rings (SSSR count). The van der Waals surface area contributed by atoms with Crippen LogP contribution in [0.25, 0.3) is 0 Å². The maximum atomic E-state index is 13.5. The molecule has 0 fully saturated rings. The van der Waals surface area contributed by atoms with Gasteiger partial charge in [-0.05, 0) is 36.4 Å². The van der Waals surface area contributed by atoms with Gasteiger partial charge in [0.05, 0.1) is 28.1 Å². The van der Waals surface area contributed by atoms with E-state index in [1.807, 2.05) is 0 Å². The molecule has 3 aromatic carbocycles. The molecule has 15 heteroatoms. The normalized spacial score (nSPS) is 12.7. The minimum atomic E-state index is -4.96. The average molecular weight is 556 g/mol. The molecule has 188 valence electrons. The second-order valence-electron chi connectivity index (χ2n) is 7.76. The summed E-state index contributed by atoms with van der Waals surface area (Å²) in [5.74, 6) is -2.34. The second-order valence-corrected chi connectivity index (χ2v) is 10.5. The number of rotatable bonds is 5. The summed E-state index contributed by atoms with van der Waals surface area (Å²) in [6.07, 6.45) is 0. The topological polar surface area (TPSA) is 210 Å². The van der Waals surface area contributed by atoms with E-state index >= 15 is 0 Å². The molecule has 1 aliphatic rings. The van der Waals surface area contributed by atoms with Crippen molar-refractivity contribution >= 4 is 60.5 Å². The zero-order valence-corrected chi connectivity index (χ0v) is 22.9. The smallest absolute Gasteiger partial charge is 1.00 e. The number of benzene rings is 3. The number of hydrogen-bond acceptors (Lipinski definition) is 9. The SMILES string of the molecule is CC(=O)Nc1ccc(Nc2cc(S(=O)(=O)O)c(N)c3c2C(=O)c2c(cccc2S(=O)(=O)O)C3=O)cc1.[H-].[Na+]. The first kappa shape index (κ1) is 28.5. The van der Waals surface area contributed by atoms with Crippen molar-refractivity contribution in [1.82, 2.24) is 0 Å². The Morgan fingerprint density at radius 3 is 1.95 bits per heavy atom. The third-order valence-electron chi connectivity index (χ3n) is 5.32. The van der Waals surface area contributed by atoms with Gasteiger partial charge in [0, 0.05) is 23.9 Å². The van der Waals surface area contributed by atoms with Crippen molar-refractivity contribution < 1.29 is 71.3 Å². The number of ketones is 2. The predicted molar refractivity (Wildman–Crippen MR) is 129 cm³/mol. The van der Waals surface area contributed by atoms with E-state index < -0.39 is 69.5 Å². The maximum Gasteiger partial charge on any atom is 1.00 e. The summed E-state index contributed by atoms with van der Waals surface area (Å²) < 4.78 is 67.2. The van der Waals surface area contributed by atoms with Gasteiger partial charge in [-0.25, -0.2) is 0 Å². The van der Waals surface area contributed by atoms with Crippen LogP contribution in [0.1, 0.15) is 40.2 Å². The van der Waals surface area contributed by atoms with E-state index in [0.29, 0.717) is 5.69 Å².